The molecular weight excluding hydrogens is 687 g/mol. The fraction of sp³-hybridized carbons (Fsp3) is 0.308. The van der Waals surface area contributed by atoms with Crippen LogP contribution in [0.4, 0.5) is 11.5 Å². The number of ether oxygens (including phenoxy) is 2. The normalized spacial score (nSPS) is 13.8. The first-order valence-electron chi connectivity index (χ1n) is 12.2. The minimum atomic E-state index is 0.324. The van der Waals surface area contributed by atoms with Crippen LogP contribution < -0.4 is 19.7 Å². The Balaban J connectivity index is 0.000000210. The molecule has 0 aliphatic carbocycles. The molecule has 1 aliphatic heterocycles. The second kappa shape index (κ2) is 14.0. The summed E-state index contributed by atoms with van der Waals surface area (Å²) in [7, 11) is 6.99. The Morgan fingerprint density at radius 1 is 1.05 bits per heavy atom. The second-order valence-electron chi connectivity index (χ2n) is 8.81. The predicted octanol–water partition coefficient (Wildman–Crippen LogP) is 5.90. The third-order valence-electron chi connectivity index (χ3n) is 6.44. The van der Waals surface area contributed by atoms with E-state index in [9.17, 15) is 4.79 Å². The number of likely N-dealkylation sites (N-methyl/N-ethyl adjacent to an activating group) is 1. The molecule has 0 saturated carbocycles. The molecule has 1 aliphatic rings. The van der Waals surface area contributed by atoms with Gasteiger partial charge in [-0.15, -0.1) is 5.10 Å². The number of carbonyl (C=O) groups excluding carboxylic acids is 1. The first-order chi connectivity index (χ1) is 19.3. The van der Waals surface area contributed by atoms with Crippen molar-refractivity contribution in [3.05, 3.63) is 52.1 Å². The lowest BCUT2D eigenvalue weighted by Gasteiger charge is -2.34. The number of halogens is 3. The van der Waals surface area contributed by atoms with Gasteiger partial charge in [-0.05, 0) is 53.4 Å². The number of hydrogen-bond acceptors (Lipinski definition) is 9. The highest BCUT2D eigenvalue weighted by Crippen LogP contribution is 2.45. The number of aldehydes is 1. The summed E-state index contributed by atoms with van der Waals surface area (Å²) in [4.78, 5) is 24.3. The number of nitrogens with zero attached hydrogens (tertiary/aromatic N) is 6. The average Bonchev–Trinajstić information content (AvgIpc) is 3.35. The van der Waals surface area contributed by atoms with Crippen molar-refractivity contribution < 1.29 is 14.3 Å². The molecule has 3 heterocycles. The monoisotopic (exact) mass is 715 g/mol. The van der Waals surface area contributed by atoms with E-state index < -0.39 is 0 Å². The number of nitrogens with one attached hydrogen (secondary N) is 1. The highest BCUT2D eigenvalue weighted by Gasteiger charge is 2.22. The third kappa shape index (κ3) is 6.54. The zero-order chi connectivity index (χ0) is 28.8. The van der Waals surface area contributed by atoms with E-state index in [2.05, 4.69) is 59.3 Å². The molecule has 0 bridgehead atoms. The quantitative estimate of drug-likeness (QED) is 0.143. The lowest BCUT2D eigenvalue weighted by atomic mass is 10.1. The van der Waals surface area contributed by atoms with Crippen LogP contribution in [-0.2, 0) is 0 Å². The van der Waals surface area contributed by atoms with Crippen molar-refractivity contribution in [1.29, 1.82) is 0 Å². The minimum absolute atomic E-state index is 0.324. The molecule has 1 saturated heterocycles. The molecule has 0 radical (unpaired) electrons. The van der Waals surface area contributed by atoms with E-state index in [4.69, 9.17) is 32.7 Å². The van der Waals surface area contributed by atoms with Crippen LogP contribution in [0.3, 0.4) is 0 Å². The Kier molecular flexibility index (Phi) is 10.6. The smallest absolute Gasteiger partial charge is 0.168 e. The molecule has 1 unspecified atom stereocenters. The molecule has 10 nitrogen and oxygen atoms in total. The van der Waals surface area contributed by atoms with Crippen LogP contribution in [0.2, 0.25) is 10.0 Å². The first kappa shape index (κ1) is 30.5. The first-order valence-corrected chi connectivity index (χ1v) is 17.1. The summed E-state index contributed by atoms with van der Waals surface area (Å²) in [6.45, 7) is 4.35. The van der Waals surface area contributed by atoms with Crippen molar-refractivity contribution in [2.75, 3.05) is 64.7 Å². The number of benzene rings is 2. The number of carbonyl (C=O) groups is 1. The van der Waals surface area contributed by atoms with Gasteiger partial charge in [0.2, 0.25) is 0 Å². The highest BCUT2D eigenvalue weighted by molar-refractivity contribution is 14.2. The van der Waals surface area contributed by atoms with Gasteiger partial charge < -0.3 is 24.6 Å². The van der Waals surface area contributed by atoms with Gasteiger partial charge in [0, 0.05) is 56.7 Å². The predicted molar refractivity (Wildman–Crippen MR) is 173 cm³/mol. The molecule has 1 N–H and O–H groups in total. The van der Waals surface area contributed by atoms with E-state index in [-0.39, 0.29) is 0 Å². The van der Waals surface area contributed by atoms with E-state index in [0.717, 1.165) is 43.4 Å². The lowest BCUT2D eigenvalue weighted by molar-refractivity contribution is 0.112. The van der Waals surface area contributed by atoms with Gasteiger partial charge in [0.1, 0.15) is 17.8 Å². The van der Waals surface area contributed by atoms with E-state index in [1.807, 2.05) is 24.3 Å². The average molecular weight is 716 g/mol. The van der Waals surface area contributed by atoms with E-state index in [0.29, 0.717) is 50.8 Å². The highest BCUT2D eigenvalue weighted by atomic mass is 127. The Labute approximate surface area is 257 Å². The number of fused-ring (bicyclic) bond motifs is 1. The van der Waals surface area contributed by atoms with Crippen molar-refractivity contribution in [2.24, 2.45) is 0 Å². The molecule has 1 atom stereocenters. The maximum absolute atomic E-state index is 10.5. The lowest BCUT2D eigenvalue weighted by Crippen LogP contribution is -2.44. The number of piperazine rings is 1. The topological polar surface area (TPSA) is 97.6 Å². The summed E-state index contributed by atoms with van der Waals surface area (Å²) in [5.41, 5.74) is 3.11. The van der Waals surface area contributed by atoms with Gasteiger partial charge in [0.25, 0.3) is 0 Å². The van der Waals surface area contributed by atoms with Crippen LogP contribution >= 0.6 is 51.6 Å². The molecule has 5 rings (SSSR count). The number of anilines is 2. The Morgan fingerprint density at radius 3 is 2.20 bits per heavy atom. The fourth-order valence-electron chi connectivity index (χ4n) is 4.18. The summed E-state index contributed by atoms with van der Waals surface area (Å²) in [6, 6.07) is 9.42. The molecule has 0 amide bonds. The second-order valence-corrected chi connectivity index (χ2v) is 11.6. The van der Waals surface area contributed by atoms with Crippen molar-refractivity contribution in [1.82, 2.24) is 24.4 Å². The molecule has 14 heteroatoms. The molecular formula is C26H29Cl2IN7O3P. The van der Waals surface area contributed by atoms with Gasteiger partial charge in [-0.3, -0.25) is 4.79 Å². The number of hydrogen-bond donors (Lipinski definition) is 1. The third-order valence-corrected chi connectivity index (χ3v) is 9.03. The van der Waals surface area contributed by atoms with Gasteiger partial charge in [-0.25, -0.2) is 14.4 Å². The molecule has 40 heavy (non-hydrogen) atoms. The van der Waals surface area contributed by atoms with Crippen molar-refractivity contribution in [3.8, 4) is 22.9 Å². The van der Waals surface area contributed by atoms with Crippen LogP contribution in [0.5, 0.6) is 11.5 Å². The summed E-state index contributed by atoms with van der Waals surface area (Å²) in [6.07, 6.45) is 2.96. The zero-order valence-corrected chi connectivity index (χ0v) is 27.1. The summed E-state index contributed by atoms with van der Waals surface area (Å²) < 4.78 is 12.4. The van der Waals surface area contributed by atoms with Crippen LogP contribution in [-0.4, -0.2) is 85.2 Å². The molecule has 2 aromatic heterocycles. The Hall–Kier alpha value is -2.44. The number of aromatic nitrogens is 4. The van der Waals surface area contributed by atoms with Crippen molar-refractivity contribution >= 4 is 80.4 Å². The Morgan fingerprint density at radius 2 is 1.68 bits per heavy atom. The van der Waals surface area contributed by atoms with Crippen LogP contribution in [0, 0.1) is 0 Å². The molecule has 0 spiro atoms. The van der Waals surface area contributed by atoms with E-state index in [1.54, 1.807) is 23.8 Å². The van der Waals surface area contributed by atoms with Gasteiger partial charge in [0.15, 0.2) is 17.3 Å². The van der Waals surface area contributed by atoms with Gasteiger partial charge >= 0.3 is 0 Å². The summed E-state index contributed by atoms with van der Waals surface area (Å²) >= 11 is 15.2. The maximum Gasteiger partial charge on any atom is 0.168 e. The molecule has 212 valence electrons. The van der Waals surface area contributed by atoms with Crippen molar-refractivity contribution in [2.45, 2.75) is 0 Å². The largest absolute Gasteiger partial charge is 0.495 e. The summed E-state index contributed by atoms with van der Waals surface area (Å²) in [5.74, 6) is 1.95. The summed E-state index contributed by atoms with van der Waals surface area (Å²) in [5, 5.41) is 8.97. The van der Waals surface area contributed by atoms with Crippen LogP contribution in [0.1, 0.15) is 10.4 Å². The van der Waals surface area contributed by atoms with Gasteiger partial charge in [-0.2, -0.15) is 0 Å². The maximum atomic E-state index is 10.5. The number of rotatable bonds is 7. The van der Waals surface area contributed by atoms with Crippen LogP contribution in [0.25, 0.3) is 22.4 Å². The van der Waals surface area contributed by atoms with Gasteiger partial charge in [0.05, 0.1) is 41.6 Å². The van der Waals surface area contributed by atoms with Gasteiger partial charge in [-0.1, -0.05) is 23.2 Å². The van der Waals surface area contributed by atoms with E-state index in [1.165, 1.54) is 19.9 Å². The molecule has 1 fully saturated rings. The SMILES string of the molecule is CN1CCN(c2ccc(C=O)cc2)CC1.CNc1nn(PI)c2nc(-c3c(Cl)c(OC)cc(OC)c3Cl)ncc12. The molecule has 4 aromatic rings. The Bertz CT molecular complexity index is 1450. The zero-order valence-electron chi connectivity index (χ0n) is 22.4. The van der Waals surface area contributed by atoms with Crippen LogP contribution in [0.15, 0.2) is 36.5 Å². The minimum Gasteiger partial charge on any atom is -0.495 e. The molecule has 2 aromatic carbocycles. The standard InChI is InChI=1S/C14H13Cl2IN5O2P.C12H16N2O/c1-18-12-6-5-19-13(20-14(6)22(21-12)25-17)9-10(15)7(23-2)4-8(24-3)11(9)16;1-13-6-8-14(9-7-13)12-4-2-11(10-15)3-5-12/h4-5,25H,1-3H3,(H,18,21);2-5,10H,6-9H2,1H3. The number of methoxy groups -OCH3 is 2. The van der Waals surface area contributed by atoms with Crippen molar-refractivity contribution in [3.63, 3.8) is 0 Å². The fourth-order valence-corrected chi connectivity index (χ4v) is 6.24. The van der Waals surface area contributed by atoms with E-state index >= 15 is 0 Å².